The van der Waals surface area contributed by atoms with Crippen molar-refractivity contribution in [1.82, 2.24) is 24.1 Å². The molecule has 12 aromatic rings. The van der Waals surface area contributed by atoms with Gasteiger partial charge in [0.1, 0.15) is 11.2 Å². The summed E-state index contributed by atoms with van der Waals surface area (Å²) in [5.41, 5.74) is 13.9. The van der Waals surface area contributed by atoms with Gasteiger partial charge in [-0.1, -0.05) is 129 Å². The maximum Gasteiger partial charge on any atom is 0.238 e. The average Bonchev–Trinajstić information content (AvgIpc) is 4.00. The predicted octanol–water partition coefficient (Wildman–Crippen LogP) is 13.6. The van der Waals surface area contributed by atoms with Crippen molar-refractivity contribution in [2.45, 2.75) is 19.3 Å². The molecule has 282 valence electrons. The number of para-hydroxylation sites is 5. The van der Waals surface area contributed by atoms with Gasteiger partial charge in [-0.15, -0.1) is 0 Å². The van der Waals surface area contributed by atoms with Crippen molar-refractivity contribution in [2.24, 2.45) is 0 Å². The van der Waals surface area contributed by atoms with Crippen molar-refractivity contribution in [3.05, 3.63) is 187 Å². The smallest absolute Gasteiger partial charge is 0.238 e. The fourth-order valence-corrected chi connectivity index (χ4v) is 10.00. The first-order chi connectivity index (χ1) is 29.5. The molecule has 0 atom stereocenters. The number of furan rings is 1. The van der Waals surface area contributed by atoms with Crippen molar-refractivity contribution in [3.8, 4) is 45.5 Å². The van der Waals surface area contributed by atoms with E-state index in [1.807, 2.05) is 18.2 Å². The number of benzene rings is 8. The summed E-state index contributed by atoms with van der Waals surface area (Å²) in [6.45, 7) is 4.69. The highest BCUT2D eigenvalue weighted by molar-refractivity contribution is 6.12. The summed E-state index contributed by atoms with van der Waals surface area (Å²) in [4.78, 5) is 16.1. The molecule has 60 heavy (non-hydrogen) atoms. The van der Waals surface area contributed by atoms with E-state index >= 15 is 0 Å². The number of hydrogen-bond donors (Lipinski definition) is 0. The quantitative estimate of drug-likeness (QED) is 0.179. The third-order valence-corrected chi connectivity index (χ3v) is 12.8. The molecule has 0 fully saturated rings. The minimum Gasteiger partial charge on any atom is -0.456 e. The Morgan fingerprint density at radius 3 is 1.75 bits per heavy atom. The molecule has 0 saturated heterocycles. The van der Waals surface area contributed by atoms with Crippen LogP contribution in [0.5, 0.6) is 0 Å². The van der Waals surface area contributed by atoms with Crippen molar-refractivity contribution in [1.29, 1.82) is 0 Å². The Morgan fingerprint density at radius 2 is 0.983 bits per heavy atom. The van der Waals surface area contributed by atoms with Crippen LogP contribution in [0.2, 0.25) is 0 Å². The Bertz CT molecular complexity index is 3720. The maximum absolute atomic E-state index is 6.38. The standard InChI is InChI=1S/C54H35N5O/c1-54(2)42-21-9-3-15-33(42)40-30-41-36-18-6-10-22-44(36)58(48(41)31-43(40)54)47-25-13-7-20-39(47)52-55-51(32-27-28-38-37-19-8-14-26-49(37)60-50(38)29-32)56-53(57-52)59-45-23-11-4-16-34(45)35-17-5-12-24-46(35)59/h3-31H,1-2H3. The largest absolute Gasteiger partial charge is 0.456 e. The van der Waals surface area contributed by atoms with Crippen molar-refractivity contribution < 1.29 is 4.42 Å². The summed E-state index contributed by atoms with van der Waals surface area (Å²) in [5, 5.41) is 6.84. The van der Waals surface area contributed by atoms with E-state index in [0.717, 1.165) is 71.6 Å². The van der Waals surface area contributed by atoms with Gasteiger partial charge in [-0.25, -0.2) is 4.98 Å². The monoisotopic (exact) mass is 769 g/mol. The normalized spacial score (nSPS) is 13.3. The van der Waals surface area contributed by atoms with Crippen LogP contribution in [0, 0.1) is 0 Å². The first-order valence-electron chi connectivity index (χ1n) is 20.4. The third kappa shape index (κ3) is 4.56. The minimum atomic E-state index is -0.151. The van der Waals surface area contributed by atoms with Crippen LogP contribution in [-0.2, 0) is 5.41 Å². The molecule has 8 aromatic carbocycles. The third-order valence-electron chi connectivity index (χ3n) is 12.8. The summed E-state index contributed by atoms with van der Waals surface area (Å²) in [6.07, 6.45) is 0. The van der Waals surface area contributed by atoms with Crippen LogP contribution < -0.4 is 0 Å². The average molecular weight is 770 g/mol. The molecular weight excluding hydrogens is 735 g/mol. The number of aromatic nitrogens is 5. The molecule has 0 aliphatic heterocycles. The highest BCUT2D eigenvalue weighted by atomic mass is 16.3. The molecule has 0 unspecified atom stereocenters. The molecule has 0 amide bonds. The van der Waals surface area contributed by atoms with Crippen LogP contribution in [-0.4, -0.2) is 24.1 Å². The van der Waals surface area contributed by atoms with Gasteiger partial charge >= 0.3 is 0 Å². The zero-order chi connectivity index (χ0) is 39.7. The van der Waals surface area contributed by atoms with Gasteiger partial charge in [-0.05, 0) is 82.9 Å². The topological polar surface area (TPSA) is 61.7 Å². The van der Waals surface area contributed by atoms with Gasteiger partial charge in [-0.3, -0.25) is 4.57 Å². The lowest BCUT2D eigenvalue weighted by atomic mass is 9.82. The Labute approximate surface area is 344 Å². The van der Waals surface area contributed by atoms with Gasteiger partial charge in [0.25, 0.3) is 0 Å². The van der Waals surface area contributed by atoms with E-state index in [1.54, 1.807) is 0 Å². The second-order valence-electron chi connectivity index (χ2n) is 16.4. The Balaban J connectivity index is 1.09. The zero-order valence-corrected chi connectivity index (χ0v) is 32.9. The van der Waals surface area contributed by atoms with Gasteiger partial charge in [-0.2, -0.15) is 9.97 Å². The van der Waals surface area contributed by atoms with Gasteiger partial charge in [0, 0.05) is 48.9 Å². The lowest BCUT2D eigenvalue weighted by Gasteiger charge is -2.22. The molecular formula is C54H35N5O. The van der Waals surface area contributed by atoms with E-state index in [0.29, 0.717) is 17.6 Å². The first-order valence-corrected chi connectivity index (χ1v) is 20.4. The maximum atomic E-state index is 6.38. The number of nitrogens with zero attached hydrogens (tertiary/aromatic N) is 5. The lowest BCUT2D eigenvalue weighted by Crippen LogP contribution is -2.15. The van der Waals surface area contributed by atoms with E-state index in [1.165, 1.54) is 33.0 Å². The molecule has 0 N–H and O–H groups in total. The van der Waals surface area contributed by atoms with Crippen LogP contribution >= 0.6 is 0 Å². The van der Waals surface area contributed by atoms with E-state index < -0.39 is 0 Å². The van der Waals surface area contributed by atoms with Crippen LogP contribution in [0.3, 0.4) is 0 Å². The van der Waals surface area contributed by atoms with Crippen LogP contribution in [0.25, 0.3) is 111 Å². The molecule has 6 nitrogen and oxygen atoms in total. The van der Waals surface area contributed by atoms with Gasteiger partial charge in [0.2, 0.25) is 5.95 Å². The lowest BCUT2D eigenvalue weighted by molar-refractivity contribution is 0.661. The second kappa shape index (κ2) is 12.1. The SMILES string of the molecule is CC1(C)c2ccccc2-c2cc3c4ccccc4n(-c4ccccc4-c4nc(-c5ccc6c(c5)oc5ccccc56)nc(-n5c6ccccc6c6ccccc65)n4)c3cc21. The number of hydrogen-bond acceptors (Lipinski definition) is 4. The molecule has 4 heterocycles. The Morgan fingerprint density at radius 1 is 0.400 bits per heavy atom. The van der Waals surface area contributed by atoms with Crippen molar-refractivity contribution in [2.75, 3.05) is 0 Å². The van der Waals surface area contributed by atoms with Gasteiger partial charge < -0.3 is 8.98 Å². The summed E-state index contributed by atoms with van der Waals surface area (Å²) >= 11 is 0. The molecule has 0 saturated carbocycles. The number of fused-ring (bicyclic) bond motifs is 12. The van der Waals surface area contributed by atoms with E-state index in [2.05, 4.69) is 181 Å². The summed E-state index contributed by atoms with van der Waals surface area (Å²) in [5.74, 6) is 1.69. The molecule has 1 aliphatic rings. The molecule has 4 aromatic heterocycles. The molecule has 6 heteroatoms. The van der Waals surface area contributed by atoms with E-state index in [4.69, 9.17) is 19.4 Å². The zero-order valence-electron chi connectivity index (χ0n) is 32.9. The van der Waals surface area contributed by atoms with Gasteiger partial charge in [0.05, 0.1) is 27.8 Å². The molecule has 0 spiro atoms. The fourth-order valence-electron chi connectivity index (χ4n) is 10.00. The van der Waals surface area contributed by atoms with Crippen LogP contribution in [0.15, 0.2) is 180 Å². The molecule has 13 rings (SSSR count). The molecule has 0 radical (unpaired) electrons. The van der Waals surface area contributed by atoms with Crippen molar-refractivity contribution >= 4 is 65.6 Å². The summed E-state index contributed by atoms with van der Waals surface area (Å²) in [6, 6.07) is 62.3. The Kier molecular flexibility index (Phi) is 6.69. The van der Waals surface area contributed by atoms with E-state index in [-0.39, 0.29) is 5.41 Å². The van der Waals surface area contributed by atoms with Crippen LogP contribution in [0.4, 0.5) is 0 Å². The summed E-state index contributed by atoms with van der Waals surface area (Å²) < 4.78 is 11.0. The minimum absolute atomic E-state index is 0.151. The van der Waals surface area contributed by atoms with Crippen molar-refractivity contribution in [3.63, 3.8) is 0 Å². The van der Waals surface area contributed by atoms with Gasteiger partial charge in [0.15, 0.2) is 11.6 Å². The summed E-state index contributed by atoms with van der Waals surface area (Å²) in [7, 11) is 0. The predicted molar refractivity (Wildman–Crippen MR) is 244 cm³/mol. The van der Waals surface area contributed by atoms with E-state index in [9.17, 15) is 0 Å². The molecule has 1 aliphatic carbocycles. The second-order valence-corrected chi connectivity index (χ2v) is 16.4. The Hall–Kier alpha value is -7.83. The first kappa shape index (κ1) is 33.2. The molecule has 0 bridgehead atoms. The fraction of sp³-hybridized carbons (Fsp3) is 0.0556. The highest BCUT2D eigenvalue weighted by Crippen LogP contribution is 2.51. The van der Waals surface area contributed by atoms with Crippen LogP contribution in [0.1, 0.15) is 25.0 Å². The highest BCUT2D eigenvalue weighted by Gasteiger charge is 2.36. The number of rotatable bonds is 4.